The van der Waals surface area contributed by atoms with Crippen molar-refractivity contribution in [3.63, 3.8) is 0 Å². The molecule has 24 heavy (non-hydrogen) atoms. The minimum atomic E-state index is -3.58. The second kappa shape index (κ2) is 7.51. The minimum Gasteiger partial charge on any atom is -0.352 e. The van der Waals surface area contributed by atoms with Crippen LogP contribution in [0, 0.1) is 13.8 Å². The summed E-state index contributed by atoms with van der Waals surface area (Å²) >= 11 is 0. The molecule has 134 valence electrons. The topological polar surface area (TPSA) is 63.2 Å². The quantitative estimate of drug-likeness (QED) is 0.801. The maximum Gasteiger partial charge on any atom is 0.238 e. The number of hydrogen-bond acceptors (Lipinski definition) is 3. The first kappa shape index (κ1) is 20.4. The number of carbonyl (C=O) groups is 1. The number of nitrogens with one attached hydrogen (secondary N) is 1. The Morgan fingerprint density at radius 2 is 1.75 bits per heavy atom. The lowest BCUT2D eigenvalue weighted by Gasteiger charge is -2.23. The predicted octanol–water partition coefficient (Wildman–Crippen LogP) is 3.21. The monoisotopic (exact) mass is 351 g/mol. The number of benzene rings is 1. The largest absolute Gasteiger partial charge is 0.352 e. The molecule has 1 unspecified atom stereocenters. The van der Waals surface area contributed by atoms with Crippen molar-refractivity contribution in [2.45, 2.75) is 58.0 Å². The zero-order valence-corrected chi connectivity index (χ0v) is 16.4. The third-order valence-corrected chi connectivity index (χ3v) is 6.22. The first-order chi connectivity index (χ1) is 10.9. The van der Waals surface area contributed by atoms with Gasteiger partial charge in [0.25, 0.3) is 0 Å². The number of carbonyl (C=O) groups excluding carboxylic acids is 1. The Kier molecular flexibility index (Phi) is 6.39. The van der Waals surface area contributed by atoms with E-state index in [-0.39, 0.29) is 17.7 Å². The van der Waals surface area contributed by atoms with Crippen molar-refractivity contribution in [3.8, 4) is 0 Å². The van der Waals surface area contributed by atoms with E-state index in [4.69, 9.17) is 0 Å². The molecular weight excluding hydrogens is 322 g/mol. The lowest BCUT2D eigenvalue weighted by atomic mass is 9.84. The summed E-state index contributed by atoms with van der Waals surface area (Å²) in [6, 6.07) is 4.08. The second-order valence-corrected chi connectivity index (χ2v) is 9.64. The van der Waals surface area contributed by atoms with Crippen LogP contribution in [0.4, 0.5) is 0 Å². The van der Waals surface area contributed by atoms with E-state index >= 15 is 0 Å². The van der Waals surface area contributed by atoms with Crippen LogP contribution in [-0.4, -0.2) is 26.1 Å². The molecule has 0 spiro atoms. The number of amides is 1. The van der Waals surface area contributed by atoms with Gasteiger partial charge in [0.05, 0.1) is 5.75 Å². The SMILES string of the molecule is C=CCNC(=O)C(C)S(=O)(=O)Cc1c(C)cc(C(C)(C)C)cc1C. The first-order valence-electron chi connectivity index (χ1n) is 8.11. The molecule has 1 rings (SSSR count). The fraction of sp³-hybridized carbons (Fsp3) is 0.526. The van der Waals surface area contributed by atoms with Crippen molar-refractivity contribution in [3.05, 3.63) is 47.0 Å². The van der Waals surface area contributed by atoms with E-state index < -0.39 is 21.0 Å². The Morgan fingerprint density at radius 3 is 2.17 bits per heavy atom. The summed E-state index contributed by atoms with van der Waals surface area (Å²) in [5, 5.41) is 1.46. The molecule has 1 aromatic carbocycles. The van der Waals surface area contributed by atoms with E-state index in [1.165, 1.54) is 18.6 Å². The van der Waals surface area contributed by atoms with Crippen LogP contribution in [-0.2, 0) is 25.8 Å². The van der Waals surface area contributed by atoms with Crippen molar-refractivity contribution in [2.24, 2.45) is 0 Å². The van der Waals surface area contributed by atoms with Crippen LogP contribution in [0.25, 0.3) is 0 Å². The summed E-state index contributed by atoms with van der Waals surface area (Å²) in [6.45, 7) is 15.4. The maximum atomic E-state index is 12.6. The molecule has 0 fully saturated rings. The van der Waals surface area contributed by atoms with Crippen LogP contribution in [0.15, 0.2) is 24.8 Å². The van der Waals surface area contributed by atoms with Gasteiger partial charge >= 0.3 is 0 Å². The van der Waals surface area contributed by atoms with Gasteiger partial charge in [-0.3, -0.25) is 4.79 Å². The van der Waals surface area contributed by atoms with E-state index in [0.29, 0.717) is 0 Å². The van der Waals surface area contributed by atoms with Crippen LogP contribution in [0.5, 0.6) is 0 Å². The summed E-state index contributed by atoms with van der Waals surface area (Å²) in [5.41, 5.74) is 3.86. The third kappa shape index (κ3) is 4.94. The second-order valence-electron chi connectivity index (χ2n) is 7.32. The van der Waals surface area contributed by atoms with Crippen LogP contribution in [0.3, 0.4) is 0 Å². The lowest BCUT2D eigenvalue weighted by Crippen LogP contribution is -2.38. The highest BCUT2D eigenvalue weighted by atomic mass is 32.2. The van der Waals surface area contributed by atoms with E-state index in [0.717, 1.165) is 16.7 Å². The number of hydrogen-bond donors (Lipinski definition) is 1. The molecule has 1 atom stereocenters. The van der Waals surface area contributed by atoms with Crippen molar-refractivity contribution < 1.29 is 13.2 Å². The molecule has 0 aliphatic carbocycles. The fourth-order valence-electron chi connectivity index (χ4n) is 2.46. The fourth-order valence-corrected chi connectivity index (χ4v) is 3.98. The lowest BCUT2D eigenvalue weighted by molar-refractivity contribution is -0.120. The van der Waals surface area contributed by atoms with Gasteiger partial charge in [0.1, 0.15) is 5.25 Å². The molecule has 0 bridgehead atoms. The summed E-state index contributed by atoms with van der Waals surface area (Å²) in [6.07, 6.45) is 1.52. The molecule has 0 radical (unpaired) electrons. The highest BCUT2D eigenvalue weighted by Crippen LogP contribution is 2.28. The Labute approximate surface area is 146 Å². The Hall–Kier alpha value is -1.62. The number of aryl methyl sites for hydroxylation is 2. The van der Waals surface area contributed by atoms with Gasteiger partial charge in [0.15, 0.2) is 9.84 Å². The third-order valence-electron chi connectivity index (χ3n) is 4.24. The van der Waals surface area contributed by atoms with Gasteiger partial charge in [-0.2, -0.15) is 0 Å². The molecule has 5 heteroatoms. The average molecular weight is 352 g/mol. The van der Waals surface area contributed by atoms with Gasteiger partial charge in [0.2, 0.25) is 5.91 Å². The molecule has 1 aromatic rings. The van der Waals surface area contributed by atoms with Gasteiger partial charge in [-0.05, 0) is 48.4 Å². The van der Waals surface area contributed by atoms with E-state index in [2.05, 4.69) is 32.7 Å². The molecule has 1 N–H and O–H groups in total. The van der Waals surface area contributed by atoms with Gasteiger partial charge in [-0.15, -0.1) is 6.58 Å². The van der Waals surface area contributed by atoms with Crippen LogP contribution >= 0.6 is 0 Å². The maximum absolute atomic E-state index is 12.6. The van der Waals surface area contributed by atoms with Crippen LogP contribution in [0.1, 0.15) is 49.9 Å². The van der Waals surface area contributed by atoms with Crippen molar-refractivity contribution in [1.29, 1.82) is 0 Å². The number of sulfone groups is 1. The van der Waals surface area contributed by atoms with Crippen LogP contribution < -0.4 is 5.32 Å². The van der Waals surface area contributed by atoms with Gasteiger partial charge < -0.3 is 5.32 Å². The summed E-state index contributed by atoms with van der Waals surface area (Å²) < 4.78 is 25.2. The Balaban J connectivity index is 3.12. The summed E-state index contributed by atoms with van der Waals surface area (Å²) in [7, 11) is -3.58. The average Bonchev–Trinajstić information content (AvgIpc) is 2.46. The zero-order valence-electron chi connectivity index (χ0n) is 15.6. The zero-order chi connectivity index (χ0) is 18.7. The van der Waals surface area contributed by atoms with Crippen molar-refractivity contribution in [1.82, 2.24) is 5.32 Å². The Morgan fingerprint density at radius 1 is 1.25 bits per heavy atom. The first-order valence-corrected chi connectivity index (χ1v) is 9.82. The molecule has 0 saturated carbocycles. The minimum absolute atomic E-state index is 0.00475. The highest BCUT2D eigenvalue weighted by molar-refractivity contribution is 7.92. The summed E-state index contributed by atoms with van der Waals surface area (Å²) in [4.78, 5) is 12.0. The Bertz CT molecular complexity index is 704. The molecule has 4 nitrogen and oxygen atoms in total. The molecule has 1 amide bonds. The molecule has 0 aliphatic heterocycles. The van der Waals surface area contributed by atoms with Gasteiger partial charge in [0, 0.05) is 6.54 Å². The van der Waals surface area contributed by atoms with Crippen LogP contribution in [0.2, 0.25) is 0 Å². The van der Waals surface area contributed by atoms with Crippen molar-refractivity contribution >= 4 is 15.7 Å². The highest BCUT2D eigenvalue weighted by Gasteiger charge is 2.29. The molecule has 0 aromatic heterocycles. The smallest absolute Gasteiger partial charge is 0.238 e. The molecule has 0 saturated heterocycles. The summed E-state index contributed by atoms with van der Waals surface area (Å²) in [5.74, 6) is -0.617. The van der Waals surface area contributed by atoms with E-state index in [1.807, 2.05) is 26.0 Å². The predicted molar refractivity (Wildman–Crippen MR) is 99.9 cm³/mol. The molecular formula is C19H29NO3S. The normalized spacial score (nSPS) is 13.4. The van der Waals surface area contributed by atoms with E-state index in [9.17, 15) is 13.2 Å². The standard InChI is InChI=1S/C19H29NO3S/c1-8-9-20-18(21)15(4)24(22,23)12-17-13(2)10-16(11-14(17)3)19(5,6)7/h8,10-11,15H,1,9,12H2,2-7H3,(H,20,21). The van der Waals surface area contributed by atoms with Crippen molar-refractivity contribution in [2.75, 3.05) is 6.54 Å². The molecule has 0 heterocycles. The van der Waals surface area contributed by atoms with Gasteiger partial charge in [-0.25, -0.2) is 8.42 Å². The number of rotatable bonds is 6. The van der Waals surface area contributed by atoms with Gasteiger partial charge in [-0.1, -0.05) is 39.0 Å². The van der Waals surface area contributed by atoms with E-state index in [1.54, 1.807) is 0 Å². The molecule has 0 aliphatic rings.